The molecule has 1 rings (SSSR count). The minimum atomic E-state index is -1.63. The molecule has 0 unspecified atom stereocenters. The SMILES string of the molecule is O=Cc1ccc(B(O)O)cc1C=O. The van der Waals surface area contributed by atoms with Crippen molar-refractivity contribution in [2.75, 3.05) is 0 Å². The van der Waals surface area contributed by atoms with Gasteiger partial charge in [-0.15, -0.1) is 0 Å². The summed E-state index contributed by atoms with van der Waals surface area (Å²) in [6, 6.07) is 4.01. The van der Waals surface area contributed by atoms with Crippen molar-refractivity contribution in [3.8, 4) is 0 Å². The molecule has 4 nitrogen and oxygen atoms in total. The van der Waals surface area contributed by atoms with Crippen LogP contribution >= 0.6 is 0 Å². The highest BCUT2D eigenvalue weighted by Gasteiger charge is 2.12. The summed E-state index contributed by atoms with van der Waals surface area (Å²) in [6.45, 7) is 0. The first-order chi connectivity index (χ1) is 6.19. The van der Waals surface area contributed by atoms with E-state index in [-0.39, 0.29) is 16.6 Å². The Hall–Kier alpha value is -1.46. The quantitative estimate of drug-likeness (QED) is 0.459. The average molecular weight is 178 g/mol. The van der Waals surface area contributed by atoms with Crippen molar-refractivity contribution in [3.05, 3.63) is 29.3 Å². The number of hydrogen-bond acceptors (Lipinski definition) is 4. The lowest BCUT2D eigenvalue weighted by molar-refractivity contribution is 0.109. The topological polar surface area (TPSA) is 74.6 Å². The second-order valence-corrected chi connectivity index (χ2v) is 2.50. The standard InChI is InChI=1S/C8H7BO4/c10-4-6-1-2-8(9(12)13)3-7(6)5-11/h1-5,12-13H. The summed E-state index contributed by atoms with van der Waals surface area (Å²) in [5, 5.41) is 17.5. The first-order valence-electron chi connectivity index (χ1n) is 3.59. The lowest BCUT2D eigenvalue weighted by Gasteiger charge is -2.01. The summed E-state index contributed by atoms with van der Waals surface area (Å²) in [7, 11) is -1.63. The van der Waals surface area contributed by atoms with E-state index in [9.17, 15) is 9.59 Å². The molecule has 0 aliphatic heterocycles. The molecule has 0 aromatic heterocycles. The molecule has 0 spiro atoms. The van der Waals surface area contributed by atoms with E-state index in [4.69, 9.17) is 10.0 Å². The second-order valence-electron chi connectivity index (χ2n) is 2.50. The number of carbonyl (C=O) groups excluding carboxylic acids is 2. The molecular formula is C8H7BO4. The fourth-order valence-electron chi connectivity index (χ4n) is 0.963. The third-order valence-corrected chi connectivity index (χ3v) is 1.66. The summed E-state index contributed by atoms with van der Waals surface area (Å²) >= 11 is 0. The summed E-state index contributed by atoms with van der Waals surface area (Å²) in [6.07, 6.45) is 1.03. The Kier molecular flexibility index (Phi) is 2.95. The average Bonchev–Trinajstić information content (AvgIpc) is 2.16. The van der Waals surface area contributed by atoms with Crippen LogP contribution in [0.3, 0.4) is 0 Å². The van der Waals surface area contributed by atoms with Gasteiger partial charge in [0.2, 0.25) is 0 Å². The Balaban J connectivity index is 3.20. The largest absolute Gasteiger partial charge is 0.488 e. The molecule has 2 N–H and O–H groups in total. The number of carbonyl (C=O) groups is 2. The number of rotatable bonds is 3. The monoisotopic (exact) mass is 178 g/mol. The smallest absolute Gasteiger partial charge is 0.423 e. The fraction of sp³-hybridized carbons (Fsp3) is 0. The Morgan fingerprint density at radius 3 is 2.15 bits per heavy atom. The van der Waals surface area contributed by atoms with Crippen LogP contribution in [-0.2, 0) is 0 Å². The van der Waals surface area contributed by atoms with Crippen molar-refractivity contribution in [3.63, 3.8) is 0 Å². The normalized spacial score (nSPS) is 9.38. The van der Waals surface area contributed by atoms with Crippen LogP contribution in [0.25, 0.3) is 0 Å². The lowest BCUT2D eigenvalue weighted by Crippen LogP contribution is -2.30. The zero-order valence-electron chi connectivity index (χ0n) is 6.68. The van der Waals surface area contributed by atoms with Gasteiger partial charge in [0.1, 0.15) is 0 Å². The van der Waals surface area contributed by atoms with Crippen LogP contribution in [0, 0.1) is 0 Å². The summed E-state index contributed by atoms with van der Waals surface area (Å²) in [5.74, 6) is 0. The van der Waals surface area contributed by atoms with Crippen LogP contribution in [0.1, 0.15) is 20.7 Å². The molecule has 1 aromatic carbocycles. The molecule has 0 aliphatic carbocycles. The van der Waals surface area contributed by atoms with Crippen molar-refractivity contribution in [1.82, 2.24) is 0 Å². The molecule has 0 amide bonds. The van der Waals surface area contributed by atoms with Crippen LogP contribution < -0.4 is 5.46 Å². The summed E-state index contributed by atoms with van der Waals surface area (Å²) < 4.78 is 0. The molecule has 0 aliphatic rings. The van der Waals surface area contributed by atoms with Crippen LogP contribution in [0.15, 0.2) is 18.2 Å². The van der Waals surface area contributed by atoms with Gasteiger partial charge in [-0.05, 0) is 5.46 Å². The first kappa shape index (κ1) is 9.63. The van der Waals surface area contributed by atoms with Gasteiger partial charge in [0.25, 0.3) is 0 Å². The number of benzene rings is 1. The van der Waals surface area contributed by atoms with Gasteiger partial charge >= 0.3 is 7.12 Å². The molecule has 0 heterocycles. The van der Waals surface area contributed by atoms with E-state index in [0.29, 0.717) is 12.6 Å². The van der Waals surface area contributed by atoms with Gasteiger partial charge in [0.15, 0.2) is 12.6 Å². The predicted octanol–water partition coefficient (Wildman–Crippen LogP) is -1.01. The van der Waals surface area contributed by atoms with Gasteiger partial charge in [-0.1, -0.05) is 18.2 Å². The van der Waals surface area contributed by atoms with Crippen molar-refractivity contribution < 1.29 is 19.6 Å². The fourth-order valence-corrected chi connectivity index (χ4v) is 0.963. The van der Waals surface area contributed by atoms with Crippen molar-refractivity contribution in [2.45, 2.75) is 0 Å². The van der Waals surface area contributed by atoms with Crippen LogP contribution in [0.2, 0.25) is 0 Å². The lowest BCUT2D eigenvalue weighted by atomic mass is 9.79. The Morgan fingerprint density at radius 1 is 1.08 bits per heavy atom. The molecule has 0 radical (unpaired) electrons. The Morgan fingerprint density at radius 2 is 1.69 bits per heavy atom. The minimum Gasteiger partial charge on any atom is -0.423 e. The number of aldehydes is 2. The first-order valence-corrected chi connectivity index (χ1v) is 3.59. The van der Waals surface area contributed by atoms with Gasteiger partial charge in [-0.2, -0.15) is 0 Å². The van der Waals surface area contributed by atoms with E-state index >= 15 is 0 Å². The Labute approximate surface area is 75.0 Å². The van der Waals surface area contributed by atoms with Crippen LogP contribution in [-0.4, -0.2) is 29.7 Å². The molecule has 0 fully saturated rings. The summed E-state index contributed by atoms with van der Waals surface area (Å²) in [4.78, 5) is 20.8. The van der Waals surface area contributed by atoms with E-state index in [2.05, 4.69) is 0 Å². The molecule has 5 heteroatoms. The molecule has 0 atom stereocenters. The minimum absolute atomic E-state index is 0.153. The third kappa shape index (κ3) is 2.02. The molecule has 0 saturated carbocycles. The molecule has 66 valence electrons. The van der Waals surface area contributed by atoms with E-state index in [1.54, 1.807) is 0 Å². The van der Waals surface area contributed by atoms with Gasteiger partial charge < -0.3 is 10.0 Å². The van der Waals surface area contributed by atoms with E-state index in [1.165, 1.54) is 18.2 Å². The maximum Gasteiger partial charge on any atom is 0.488 e. The van der Waals surface area contributed by atoms with Gasteiger partial charge in [0, 0.05) is 11.1 Å². The summed E-state index contributed by atoms with van der Waals surface area (Å²) in [5.41, 5.74) is 0.577. The van der Waals surface area contributed by atoms with Crippen molar-refractivity contribution in [2.24, 2.45) is 0 Å². The zero-order valence-corrected chi connectivity index (χ0v) is 6.68. The maximum absolute atomic E-state index is 10.4. The van der Waals surface area contributed by atoms with E-state index in [1.807, 2.05) is 0 Å². The van der Waals surface area contributed by atoms with Crippen molar-refractivity contribution in [1.29, 1.82) is 0 Å². The molecule has 1 aromatic rings. The van der Waals surface area contributed by atoms with E-state index < -0.39 is 7.12 Å². The van der Waals surface area contributed by atoms with Crippen LogP contribution in [0.5, 0.6) is 0 Å². The van der Waals surface area contributed by atoms with Gasteiger partial charge in [-0.3, -0.25) is 9.59 Å². The molecule has 0 saturated heterocycles. The number of hydrogen-bond donors (Lipinski definition) is 2. The highest BCUT2D eigenvalue weighted by atomic mass is 16.4. The predicted molar refractivity (Wildman–Crippen MR) is 47.0 cm³/mol. The van der Waals surface area contributed by atoms with Crippen LogP contribution in [0.4, 0.5) is 0 Å². The van der Waals surface area contributed by atoms with Gasteiger partial charge in [0.05, 0.1) is 0 Å². The second kappa shape index (κ2) is 3.98. The van der Waals surface area contributed by atoms with E-state index in [0.717, 1.165) is 0 Å². The maximum atomic E-state index is 10.4. The third-order valence-electron chi connectivity index (χ3n) is 1.66. The highest BCUT2D eigenvalue weighted by molar-refractivity contribution is 6.58. The zero-order chi connectivity index (χ0) is 9.84. The molecular weight excluding hydrogens is 171 g/mol. The Bertz CT molecular complexity index is 335. The molecule has 13 heavy (non-hydrogen) atoms. The van der Waals surface area contributed by atoms with Gasteiger partial charge in [-0.25, -0.2) is 0 Å². The van der Waals surface area contributed by atoms with Crippen molar-refractivity contribution >= 4 is 25.2 Å². The molecule has 0 bridgehead atoms. The highest BCUT2D eigenvalue weighted by Crippen LogP contribution is 2.01.